The van der Waals surface area contributed by atoms with Crippen LogP contribution in [0, 0.1) is 0 Å². The summed E-state index contributed by atoms with van der Waals surface area (Å²) in [4.78, 5) is 58.1. The summed E-state index contributed by atoms with van der Waals surface area (Å²) in [5.41, 5.74) is 1.11. The zero-order valence-corrected chi connectivity index (χ0v) is 20.9. The number of hydrogen-bond acceptors (Lipinski definition) is 10. The van der Waals surface area contributed by atoms with E-state index < -0.39 is 36.6 Å². The third-order valence-electron chi connectivity index (χ3n) is 6.15. The van der Waals surface area contributed by atoms with Crippen LogP contribution in [0.4, 0.5) is 4.79 Å². The lowest BCUT2D eigenvalue weighted by Gasteiger charge is -2.37. The van der Waals surface area contributed by atoms with Gasteiger partial charge in [-0.1, -0.05) is 35.5 Å². The molecular formula is C25H29N5O8. The molecule has 1 unspecified atom stereocenters. The van der Waals surface area contributed by atoms with Gasteiger partial charge in [-0.25, -0.2) is 14.4 Å². The van der Waals surface area contributed by atoms with Crippen LogP contribution in [0.5, 0.6) is 0 Å². The van der Waals surface area contributed by atoms with Crippen LogP contribution in [-0.2, 0) is 40.0 Å². The number of ether oxygens (including phenoxy) is 3. The second-order valence-corrected chi connectivity index (χ2v) is 8.61. The van der Waals surface area contributed by atoms with Crippen LogP contribution < -0.4 is 0 Å². The molecule has 4 rings (SSSR count). The quantitative estimate of drug-likeness (QED) is 0.208. The van der Waals surface area contributed by atoms with Crippen molar-refractivity contribution in [3.8, 4) is 0 Å². The maximum Gasteiger partial charge on any atom is 0.410 e. The minimum atomic E-state index is -0.850. The number of aromatic nitrogens is 2. The molecule has 2 fully saturated rings. The molecule has 202 valence electrons. The average molecular weight is 528 g/mol. The largest absolute Gasteiger partial charge is 0.463 e. The van der Waals surface area contributed by atoms with Crippen molar-refractivity contribution in [2.75, 3.05) is 32.9 Å². The third-order valence-corrected chi connectivity index (χ3v) is 6.15. The van der Waals surface area contributed by atoms with E-state index in [1.54, 1.807) is 17.9 Å². The van der Waals surface area contributed by atoms with Crippen molar-refractivity contribution in [1.29, 1.82) is 0 Å². The van der Waals surface area contributed by atoms with E-state index in [4.69, 9.17) is 19.0 Å². The molecule has 0 aliphatic carbocycles. The second-order valence-electron chi connectivity index (χ2n) is 8.61. The zero-order chi connectivity index (χ0) is 26.9. The van der Waals surface area contributed by atoms with Gasteiger partial charge in [0.25, 0.3) is 5.91 Å². The second kappa shape index (κ2) is 12.7. The number of carbonyl (C=O) groups excluding carboxylic acids is 4. The summed E-state index contributed by atoms with van der Waals surface area (Å²) >= 11 is 0. The first-order valence-electron chi connectivity index (χ1n) is 12.3. The van der Waals surface area contributed by atoms with E-state index in [2.05, 4.69) is 15.4 Å². The van der Waals surface area contributed by atoms with Crippen LogP contribution >= 0.6 is 0 Å². The normalized spacial score (nSPS) is 18.2. The van der Waals surface area contributed by atoms with Crippen molar-refractivity contribution < 1.29 is 38.2 Å². The van der Waals surface area contributed by atoms with Crippen LogP contribution in [0.2, 0.25) is 0 Å². The fourth-order valence-electron chi connectivity index (χ4n) is 4.28. The highest BCUT2D eigenvalue weighted by molar-refractivity contribution is 6.44. The van der Waals surface area contributed by atoms with Crippen molar-refractivity contribution in [2.45, 2.75) is 38.5 Å². The number of carbonyl (C=O) groups is 4. The van der Waals surface area contributed by atoms with Gasteiger partial charge in [0.2, 0.25) is 6.61 Å². The Morgan fingerprint density at radius 3 is 2.58 bits per heavy atom. The molecule has 1 atom stereocenters. The van der Waals surface area contributed by atoms with Crippen LogP contribution in [0.25, 0.3) is 0 Å². The lowest BCUT2D eigenvalue weighted by atomic mass is 10.0. The van der Waals surface area contributed by atoms with Crippen molar-refractivity contribution in [1.82, 2.24) is 20.0 Å². The molecule has 3 heterocycles. The Hall–Kier alpha value is -4.42. The molecule has 1 aromatic heterocycles. The molecule has 2 aromatic rings. The van der Waals surface area contributed by atoms with E-state index in [0.717, 1.165) is 5.56 Å². The molecule has 0 spiro atoms. The number of rotatable bonds is 10. The van der Waals surface area contributed by atoms with Gasteiger partial charge in [-0.05, 0) is 31.4 Å². The Kier molecular flexibility index (Phi) is 8.90. The van der Waals surface area contributed by atoms with Gasteiger partial charge in [0.1, 0.15) is 13.2 Å². The summed E-state index contributed by atoms with van der Waals surface area (Å²) in [6, 6.07) is 9.65. The molecule has 0 radical (unpaired) electrons. The van der Waals surface area contributed by atoms with Gasteiger partial charge in [0, 0.05) is 25.3 Å². The predicted molar refractivity (Wildman–Crippen MR) is 131 cm³/mol. The number of aromatic amines is 1. The number of benzene rings is 1. The van der Waals surface area contributed by atoms with Crippen molar-refractivity contribution in [2.24, 2.45) is 5.16 Å². The number of oxime groups is 1. The molecule has 2 aliphatic rings. The molecule has 0 saturated carbocycles. The summed E-state index contributed by atoms with van der Waals surface area (Å²) in [6.45, 7) is 2.03. The van der Waals surface area contributed by atoms with Crippen molar-refractivity contribution in [3.05, 3.63) is 53.9 Å². The molecule has 1 aromatic carbocycles. The number of amides is 2. The number of esters is 2. The van der Waals surface area contributed by atoms with Gasteiger partial charge in [-0.2, -0.15) is 5.10 Å². The summed E-state index contributed by atoms with van der Waals surface area (Å²) in [5.74, 6) is -1.58. The van der Waals surface area contributed by atoms with E-state index >= 15 is 0 Å². The number of H-pyrrole nitrogens is 1. The molecule has 1 N–H and O–H groups in total. The zero-order valence-electron chi connectivity index (χ0n) is 20.9. The van der Waals surface area contributed by atoms with Gasteiger partial charge >= 0.3 is 18.0 Å². The fraction of sp³-hybridized carbons (Fsp3) is 0.440. The van der Waals surface area contributed by atoms with E-state index in [1.165, 1.54) is 11.1 Å². The molecule has 2 saturated heterocycles. The standard InChI is InChI=1S/C25H29N5O8/c1-2-35-21(31)16-38-28-22(19-8-11-26-27-19)23(32)29-12-9-18(10-13-29)30-20(15-37-25(30)34)24(33)36-14-17-6-4-3-5-7-17/h3-8,11,18,20H,2,9-10,12-16H2,1H3,(H,26,27)/b28-22+. The summed E-state index contributed by atoms with van der Waals surface area (Å²) in [7, 11) is 0. The van der Waals surface area contributed by atoms with E-state index in [9.17, 15) is 19.2 Å². The molecule has 2 amide bonds. The lowest BCUT2D eigenvalue weighted by Crippen LogP contribution is -2.52. The maximum atomic E-state index is 13.3. The van der Waals surface area contributed by atoms with Gasteiger partial charge < -0.3 is 23.9 Å². The Morgan fingerprint density at radius 2 is 1.89 bits per heavy atom. The number of cyclic esters (lactones) is 1. The first-order valence-corrected chi connectivity index (χ1v) is 12.3. The van der Waals surface area contributed by atoms with E-state index in [0.29, 0.717) is 31.6 Å². The molecule has 0 bridgehead atoms. The minimum Gasteiger partial charge on any atom is -0.463 e. The first-order chi connectivity index (χ1) is 18.5. The third kappa shape index (κ3) is 6.47. The molecule has 38 heavy (non-hydrogen) atoms. The summed E-state index contributed by atoms with van der Waals surface area (Å²) < 4.78 is 15.4. The monoisotopic (exact) mass is 527 g/mol. The number of nitrogens with zero attached hydrogens (tertiary/aromatic N) is 4. The fourth-order valence-corrected chi connectivity index (χ4v) is 4.28. The van der Waals surface area contributed by atoms with Gasteiger partial charge in [-0.15, -0.1) is 0 Å². The van der Waals surface area contributed by atoms with Gasteiger partial charge in [0.15, 0.2) is 11.8 Å². The number of hydrogen-bond donors (Lipinski definition) is 1. The Bertz CT molecular complexity index is 1150. The maximum absolute atomic E-state index is 13.3. The Balaban J connectivity index is 1.36. The Labute approximate surface area is 218 Å². The molecule has 13 nitrogen and oxygen atoms in total. The Morgan fingerprint density at radius 1 is 1.13 bits per heavy atom. The van der Waals surface area contributed by atoms with E-state index in [1.807, 2.05) is 30.3 Å². The predicted octanol–water partition coefficient (Wildman–Crippen LogP) is 1.25. The topological polar surface area (TPSA) is 153 Å². The highest BCUT2D eigenvalue weighted by Crippen LogP contribution is 2.25. The summed E-state index contributed by atoms with van der Waals surface area (Å²) in [6.07, 6.45) is 1.72. The smallest absolute Gasteiger partial charge is 0.410 e. The molecule has 2 aliphatic heterocycles. The van der Waals surface area contributed by atoms with Crippen molar-refractivity contribution >= 4 is 29.7 Å². The van der Waals surface area contributed by atoms with Crippen molar-refractivity contribution in [3.63, 3.8) is 0 Å². The van der Waals surface area contributed by atoms with Crippen LogP contribution in [-0.4, -0.2) is 94.6 Å². The van der Waals surface area contributed by atoms with Crippen LogP contribution in [0.1, 0.15) is 31.0 Å². The SMILES string of the molecule is CCOC(=O)CO/N=C(/C(=O)N1CCC(N2C(=O)OCC2C(=O)OCc2ccccc2)CC1)c1ccn[nH]1. The highest BCUT2D eigenvalue weighted by Gasteiger charge is 2.44. The van der Waals surface area contributed by atoms with Crippen LogP contribution in [0.15, 0.2) is 47.8 Å². The van der Waals surface area contributed by atoms with E-state index in [-0.39, 0.29) is 31.6 Å². The molecule has 13 heteroatoms. The van der Waals surface area contributed by atoms with Gasteiger partial charge in [0.05, 0.1) is 12.3 Å². The summed E-state index contributed by atoms with van der Waals surface area (Å²) in [5, 5.41) is 10.4. The minimum absolute atomic E-state index is 0.0480. The number of nitrogens with one attached hydrogen (secondary N) is 1. The first kappa shape index (κ1) is 26.6. The lowest BCUT2D eigenvalue weighted by molar-refractivity contribution is -0.150. The average Bonchev–Trinajstić information content (AvgIpc) is 3.60. The number of piperidine rings is 1. The molecular weight excluding hydrogens is 498 g/mol. The number of likely N-dealkylation sites (tertiary alicyclic amines) is 1. The van der Waals surface area contributed by atoms with Crippen LogP contribution in [0.3, 0.4) is 0 Å². The van der Waals surface area contributed by atoms with Gasteiger partial charge in [-0.3, -0.25) is 14.8 Å². The highest BCUT2D eigenvalue weighted by atomic mass is 16.7.